The molecule has 1 aromatic heterocycles. The predicted molar refractivity (Wildman–Crippen MR) is 85.1 cm³/mol. The van der Waals surface area contributed by atoms with Crippen LogP contribution >= 0.6 is 11.6 Å². The van der Waals surface area contributed by atoms with Crippen molar-refractivity contribution in [1.29, 1.82) is 0 Å². The topological polar surface area (TPSA) is 24.9 Å². The van der Waals surface area contributed by atoms with Gasteiger partial charge in [-0.15, -0.1) is 0 Å². The van der Waals surface area contributed by atoms with E-state index in [0.717, 1.165) is 29.9 Å². The molecule has 0 saturated carbocycles. The first kappa shape index (κ1) is 15.9. The minimum Gasteiger partial charge on any atom is -0.308 e. The predicted octanol–water partition coefficient (Wildman–Crippen LogP) is 4.47. The van der Waals surface area contributed by atoms with Crippen molar-refractivity contribution < 1.29 is 4.39 Å². The minimum atomic E-state index is -0.310. The molecule has 21 heavy (non-hydrogen) atoms. The Kier molecular flexibility index (Phi) is 5.71. The highest BCUT2D eigenvalue weighted by atomic mass is 35.5. The molecule has 0 aliphatic rings. The van der Waals surface area contributed by atoms with Gasteiger partial charge in [-0.25, -0.2) is 4.39 Å². The molecule has 1 N–H and O–H groups in total. The molecule has 0 bridgehead atoms. The number of nitrogens with one attached hydrogen (secondary N) is 1. The number of rotatable bonds is 6. The van der Waals surface area contributed by atoms with Crippen LogP contribution in [-0.2, 0) is 6.42 Å². The van der Waals surface area contributed by atoms with E-state index in [-0.39, 0.29) is 11.9 Å². The van der Waals surface area contributed by atoms with Crippen LogP contribution in [0.15, 0.2) is 36.4 Å². The molecule has 0 aliphatic heterocycles. The van der Waals surface area contributed by atoms with E-state index in [1.807, 2.05) is 25.1 Å². The van der Waals surface area contributed by atoms with Gasteiger partial charge in [-0.1, -0.05) is 30.7 Å². The monoisotopic (exact) mass is 306 g/mol. The summed E-state index contributed by atoms with van der Waals surface area (Å²) in [6.45, 7) is 5.00. The van der Waals surface area contributed by atoms with Crippen LogP contribution in [0, 0.1) is 12.7 Å². The highest BCUT2D eigenvalue weighted by Gasteiger charge is 2.15. The number of hydrogen-bond donors (Lipinski definition) is 1. The van der Waals surface area contributed by atoms with E-state index < -0.39 is 0 Å². The van der Waals surface area contributed by atoms with Crippen LogP contribution in [0.2, 0.25) is 5.02 Å². The third-order valence-electron chi connectivity index (χ3n) is 3.35. The van der Waals surface area contributed by atoms with Gasteiger partial charge in [-0.3, -0.25) is 4.98 Å². The summed E-state index contributed by atoms with van der Waals surface area (Å²) in [4.78, 5) is 4.59. The number of aromatic nitrogens is 1. The van der Waals surface area contributed by atoms with Gasteiger partial charge in [-0.05, 0) is 56.1 Å². The zero-order chi connectivity index (χ0) is 15.2. The lowest BCUT2D eigenvalue weighted by atomic mass is 10.0. The second-order valence-electron chi connectivity index (χ2n) is 5.15. The molecule has 0 aliphatic carbocycles. The molecule has 2 rings (SSSR count). The van der Waals surface area contributed by atoms with Gasteiger partial charge in [0.1, 0.15) is 5.82 Å². The Hall–Kier alpha value is -1.45. The molecule has 0 spiro atoms. The fourth-order valence-corrected chi connectivity index (χ4v) is 2.51. The number of hydrogen-bond acceptors (Lipinski definition) is 2. The van der Waals surface area contributed by atoms with E-state index in [4.69, 9.17) is 11.6 Å². The molecule has 0 saturated heterocycles. The van der Waals surface area contributed by atoms with E-state index in [2.05, 4.69) is 17.2 Å². The summed E-state index contributed by atoms with van der Waals surface area (Å²) in [5, 5.41) is 3.95. The lowest BCUT2D eigenvalue weighted by Crippen LogP contribution is -2.25. The van der Waals surface area contributed by atoms with Crippen molar-refractivity contribution in [2.45, 2.75) is 32.7 Å². The minimum absolute atomic E-state index is 0.0767. The Bertz CT molecular complexity index is 601. The first-order chi connectivity index (χ1) is 10.1. The maximum absolute atomic E-state index is 13.2. The fourth-order valence-electron chi connectivity index (χ4n) is 2.27. The van der Waals surface area contributed by atoms with Gasteiger partial charge in [0.25, 0.3) is 0 Å². The molecule has 1 aromatic carbocycles. The van der Waals surface area contributed by atoms with Crippen molar-refractivity contribution in [1.82, 2.24) is 10.3 Å². The summed E-state index contributed by atoms with van der Waals surface area (Å²) in [6, 6.07) is 10.6. The van der Waals surface area contributed by atoms with Gasteiger partial charge in [-0.2, -0.15) is 0 Å². The van der Waals surface area contributed by atoms with E-state index >= 15 is 0 Å². The van der Waals surface area contributed by atoms with Crippen molar-refractivity contribution in [3.8, 4) is 0 Å². The van der Waals surface area contributed by atoms with Crippen LogP contribution in [0.3, 0.4) is 0 Å². The SMILES string of the molecule is CCCNC(Cc1ccc(F)cc1Cl)c1cccc(C)n1. The first-order valence-corrected chi connectivity index (χ1v) is 7.59. The van der Waals surface area contributed by atoms with Crippen LogP contribution in [0.5, 0.6) is 0 Å². The largest absolute Gasteiger partial charge is 0.308 e. The molecule has 1 atom stereocenters. The number of halogens is 2. The summed E-state index contributed by atoms with van der Waals surface area (Å²) >= 11 is 6.14. The summed E-state index contributed by atoms with van der Waals surface area (Å²) in [5.74, 6) is -0.310. The van der Waals surface area contributed by atoms with Crippen molar-refractivity contribution >= 4 is 11.6 Å². The standard InChI is InChI=1S/C17H20ClFN2/c1-3-9-20-17(16-6-4-5-12(2)21-16)10-13-7-8-14(19)11-15(13)18/h4-8,11,17,20H,3,9-10H2,1-2H3. The molecular weight excluding hydrogens is 287 g/mol. The van der Waals surface area contributed by atoms with Crippen molar-refractivity contribution in [2.75, 3.05) is 6.54 Å². The summed E-state index contributed by atoms with van der Waals surface area (Å²) in [7, 11) is 0. The van der Waals surface area contributed by atoms with Crippen LogP contribution in [0.1, 0.15) is 36.3 Å². The molecule has 2 nitrogen and oxygen atoms in total. The summed E-state index contributed by atoms with van der Waals surface area (Å²) in [6.07, 6.45) is 1.73. The van der Waals surface area contributed by atoms with Crippen LogP contribution in [0.4, 0.5) is 4.39 Å². The Labute approximate surface area is 130 Å². The first-order valence-electron chi connectivity index (χ1n) is 7.21. The Morgan fingerprint density at radius 1 is 1.29 bits per heavy atom. The molecule has 4 heteroatoms. The van der Waals surface area contributed by atoms with Gasteiger partial charge in [0, 0.05) is 10.7 Å². The van der Waals surface area contributed by atoms with Gasteiger partial charge in [0.2, 0.25) is 0 Å². The average molecular weight is 307 g/mol. The van der Waals surface area contributed by atoms with Crippen molar-refractivity contribution in [2.24, 2.45) is 0 Å². The number of nitrogens with zero attached hydrogens (tertiary/aromatic N) is 1. The molecule has 2 aromatic rings. The number of aryl methyl sites for hydroxylation is 1. The zero-order valence-electron chi connectivity index (χ0n) is 12.4. The highest BCUT2D eigenvalue weighted by Crippen LogP contribution is 2.24. The molecule has 112 valence electrons. The lowest BCUT2D eigenvalue weighted by molar-refractivity contribution is 0.516. The Morgan fingerprint density at radius 2 is 2.10 bits per heavy atom. The smallest absolute Gasteiger partial charge is 0.124 e. The maximum Gasteiger partial charge on any atom is 0.124 e. The van der Waals surface area contributed by atoms with Crippen molar-refractivity contribution in [3.63, 3.8) is 0 Å². The van der Waals surface area contributed by atoms with Gasteiger partial charge in [0.15, 0.2) is 0 Å². The quantitative estimate of drug-likeness (QED) is 0.852. The number of benzene rings is 1. The second-order valence-corrected chi connectivity index (χ2v) is 5.56. The van der Waals surface area contributed by atoms with Crippen molar-refractivity contribution in [3.05, 3.63) is 64.2 Å². The molecule has 0 radical (unpaired) electrons. The normalized spacial score (nSPS) is 12.4. The molecule has 1 unspecified atom stereocenters. The summed E-state index contributed by atoms with van der Waals surface area (Å²) in [5.41, 5.74) is 2.90. The second kappa shape index (κ2) is 7.53. The fraction of sp³-hybridized carbons (Fsp3) is 0.353. The zero-order valence-corrected chi connectivity index (χ0v) is 13.1. The Balaban J connectivity index is 2.23. The Morgan fingerprint density at radius 3 is 2.76 bits per heavy atom. The number of pyridine rings is 1. The lowest BCUT2D eigenvalue weighted by Gasteiger charge is -2.19. The van der Waals surface area contributed by atoms with E-state index in [9.17, 15) is 4.39 Å². The maximum atomic E-state index is 13.2. The molecule has 1 heterocycles. The highest BCUT2D eigenvalue weighted by molar-refractivity contribution is 6.31. The molecular formula is C17H20ClFN2. The van der Waals surface area contributed by atoms with Gasteiger partial charge in [0.05, 0.1) is 11.7 Å². The van der Waals surface area contributed by atoms with Crippen LogP contribution in [0.25, 0.3) is 0 Å². The van der Waals surface area contributed by atoms with E-state index in [1.54, 1.807) is 6.07 Å². The van der Waals surface area contributed by atoms with Gasteiger partial charge < -0.3 is 5.32 Å². The average Bonchev–Trinajstić information content (AvgIpc) is 2.45. The van der Waals surface area contributed by atoms with E-state index in [0.29, 0.717) is 11.4 Å². The summed E-state index contributed by atoms with van der Waals surface area (Å²) < 4.78 is 13.2. The third kappa shape index (κ3) is 4.51. The van der Waals surface area contributed by atoms with Gasteiger partial charge >= 0.3 is 0 Å². The molecule has 0 fully saturated rings. The van der Waals surface area contributed by atoms with Crippen LogP contribution < -0.4 is 5.32 Å². The van der Waals surface area contributed by atoms with Crippen LogP contribution in [-0.4, -0.2) is 11.5 Å². The van der Waals surface area contributed by atoms with E-state index in [1.165, 1.54) is 12.1 Å². The molecule has 0 amide bonds. The third-order valence-corrected chi connectivity index (χ3v) is 3.70.